The van der Waals surface area contributed by atoms with Gasteiger partial charge in [0.15, 0.2) is 0 Å². The molecule has 0 spiro atoms. The molecule has 0 bridgehead atoms. The van der Waals surface area contributed by atoms with Gasteiger partial charge < -0.3 is 4.74 Å². The van der Waals surface area contributed by atoms with Gasteiger partial charge in [0.1, 0.15) is 5.75 Å². The second-order valence-electron chi connectivity index (χ2n) is 4.18. The van der Waals surface area contributed by atoms with E-state index in [1.807, 2.05) is 6.07 Å². The van der Waals surface area contributed by atoms with Crippen molar-refractivity contribution in [3.63, 3.8) is 0 Å². The largest absolute Gasteiger partial charge is 0.493 e. The van der Waals surface area contributed by atoms with Crippen LogP contribution >= 0.6 is 15.9 Å². The summed E-state index contributed by atoms with van der Waals surface area (Å²) in [4.78, 5) is 15.4. The Bertz CT molecular complexity index is 652. The molecular weight excluding hydrogens is 296 g/mol. The minimum Gasteiger partial charge on any atom is -0.493 e. The zero-order chi connectivity index (χ0) is 12.5. The highest BCUT2D eigenvalue weighted by molar-refractivity contribution is 9.10. The van der Waals surface area contributed by atoms with Gasteiger partial charge in [0.25, 0.3) is 0 Å². The zero-order valence-corrected chi connectivity index (χ0v) is 11.2. The molecule has 1 aromatic carbocycles. The third-order valence-electron chi connectivity index (χ3n) is 2.95. The van der Waals surface area contributed by atoms with Crippen molar-refractivity contribution in [3.05, 3.63) is 56.7 Å². The van der Waals surface area contributed by atoms with Crippen LogP contribution in [-0.2, 0) is 13.0 Å². The Morgan fingerprint density at radius 1 is 1.44 bits per heavy atom. The molecule has 2 heterocycles. The van der Waals surface area contributed by atoms with Gasteiger partial charge in [-0.3, -0.25) is 4.57 Å². The van der Waals surface area contributed by atoms with Crippen LogP contribution in [0.2, 0.25) is 0 Å². The maximum atomic E-state index is 11.6. The Labute approximate surface area is 112 Å². The first kappa shape index (κ1) is 11.5. The lowest BCUT2D eigenvalue weighted by molar-refractivity contribution is 0.352. The summed E-state index contributed by atoms with van der Waals surface area (Å²) in [5, 5.41) is 0. The highest BCUT2D eigenvalue weighted by atomic mass is 79.9. The number of hydrogen-bond donors (Lipinski definition) is 0. The van der Waals surface area contributed by atoms with E-state index in [1.54, 1.807) is 16.8 Å². The van der Waals surface area contributed by atoms with Crippen LogP contribution in [0, 0.1) is 0 Å². The van der Waals surface area contributed by atoms with Gasteiger partial charge in [-0.25, -0.2) is 9.78 Å². The minimum absolute atomic E-state index is 0.246. The fourth-order valence-corrected chi connectivity index (χ4v) is 2.71. The number of ether oxygens (including phenoxy) is 1. The molecule has 1 aliphatic heterocycles. The van der Waals surface area contributed by atoms with Crippen molar-refractivity contribution in [1.82, 2.24) is 9.55 Å². The van der Waals surface area contributed by atoms with Crippen molar-refractivity contribution >= 4 is 15.9 Å². The average Bonchev–Trinajstić information content (AvgIpc) is 2.80. The summed E-state index contributed by atoms with van der Waals surface area (Å²) in [5.41, 5.74) is 1.95. The molecule has 1 aromatic heterocycles. The van der Waals surface area contributed by atoms with Gasteiger partial charge in [-0.2, -0.15) is 0 Å². The highest BCUT2D eigenvalue weighted by Crippen LogP contribution is 2.33. The molecule has 0 radical (unpaired) electrons. The summed E-state index contributed by atoms with van der Waals surface area (Å²) >= 11 is 3.49. The topological polar surface area (TPSA) is 44.1 Å². The van der Waals surface area contributed by atoms with E-state index in [2.05, 4.69) is 27.0 Å². The molecule has 4 nitrogen and oxygen atoms in total. The summed E-state index contributed by atoms with van der Waals surface area (Å²) in [6.07, 6.45) is 4.15. The molecule has 0 atom stereocenters. The predicted octanol–water partition coefficient (Wildman–Crippen LogP) is 1.99. The molecule has 0 N–H and O–H groups in total. The molecule has 5 heteroatoms. The number of halogens is 1. The van der Waals surface area contributed by atoms with Gasteiger partial charge in [0.05, 0.1) is 13.2 Å². The van der Waals surface area contributed by atoms with Gasteiger partial charge >= 0.3 is 5.69 Å². The molecule has 0 saturated carbocycles. The van der Waals surface area contributed by atoms with Crippen LogP contribution < -0.4 is 10.4 Å². The molecule has 0 unspecified atom stereocenters. The average molecular weight is 307 g/mol. The maximum Gasteiger partial charge on any atom is 0.347 e. The molecule has 92 valence electrons. The van der Waals surface area contributed by atoms with Gasteiger partial charge in [-0.15, -0.1) is 0 Å². The highest BCUT2D eigenvalue weighted by Gasteiger charge is 2.17. The van der Waals surface area contributed by atoms with Crippen molar-refractivity contribution in [3.8, 4) is 5.75 Å². The van der Waals surface area contributed by atoms with E-state index >= 15 is 0 Å². The summed E-state index contributed by atoms with van der Waals surface area (Å²) < 4.78 is 8.23. The van der Waals surface area contributed by atoms with Crippen molar-refractivity contribution < 1.29 is 4.74 Å². The summed E-state index contributed by atoms with van der Waals surface area (Å²) in [7, 11) is 0. The number of rotatable bonds is 2. The van der Waals surface area contributed by atoms with Crippen LogP contribution in [0.5, 0.6) is 5.75 Å². The third-order valence-corrected chi connectivity index (χ3v) is 3.41. The van der Waals surface area contributed by atoms with Gasteiger partial charge in [0.2, 0.25) is 0 Å². The standard InChI is InChI=1S/C13H11BrN2O2/c14-11-6-9-2-5-18-12(9)10(7-11)8-16-4-1-3-15-13(16)17/h1,3-4,6-7H,2,5,8H2. The molecule has 0 amide bonds. The van der Waals surface area contributed by atoms with E-state index in [0.717, 1.165) is 22.2 Å². The molecule has 0 fully saturated rings. The number of nitrogens with zero attached hydrogens (tertiary/aromatic N) is 2. The molecule has 3 rings (SSSR count). The first-order valence-corrected chi connectivity index (χ1v) is 6.49. The number of hydrogen-bond acceptors (Lipinski definition) is 3. The summed E-state index contributed by atoms with van der Waals surface area (Å²) in [6.45, 7) is 1.19. The fourth-order valence-electron chi connectivity index (χ4n) is 2.15. The molecular formula is C13H11BrN2O2. The maximum absolute atomic E-state index is 11.6. The van der Waals surface area contributed by atoms with Crippen LogP contribution in [-0.4, -0.2) is 16.2 Å². The molecule has 0 saturated heterocycles. The van der Waals surface area contributed by atoms with Crippen LogP contribution in [0.3, 0.4) is 0 Å². The first-order chi connectivity index (χ1) is 8.74. The lowest BCUT2D eigenvalue weighted by atomic mass is 10.1. The van der Waals surface area contributed by atoms with Crippen molar-refractivity contribution in [2.24, 2.45) is 0 Å². The van der Waals surface area contributed by atoms with E-state index in [0.29, 0.717) is 13.2 Å². The van der Waals surface area contributed by atoms with Crippen LogP contribution in [0.15, 0.2) is 39.9 Å². The van der Waals surface area contributed by atoms with Crippen LogP contribution in [0.4, 0.5) is 0 Å². The lowest BCUT2D eigenvalue weighted by Crippen LogP contribution is -2.22. The second kappa shape index (κ2) is 4.57. The van der Waals surface area contributed by atoms with E-state index in [4.69, 9.17) is 4.74 Å². The van der Waals surface area contributed by atoms with E-state index < -0.39 is 0 Å². The quantitative estimate of drug-likeness (QED) is 0.852. The number of benzene rings is 1. The van der Waals surface area contributed by atoms with Crippen LogP contribution in [0.1, 0.15) is 11.1 Å². The first-order valence-electron chi connectivity index (χ1n) is 5.69. The van der Waals surface area contributed by atoms with E-state index in [9.17, 15) is 4.79 Å². The van der Waals surface area contributed by atoms with E-state index in [-0.39, 0.29) is 5.69 Å². The zero-order valence-electron chi connectivity index (χ0n) is 9.60. The Morgan fingerprint density at radius 2 is 2.33 bits per heavy atom. The summed E-state index contributed by atoms with van der Waals surface area (Å²) in [6, 6.07) is 5.81. The number of aromatic nitrogens is 2. The normalized spacial score (nSPS) is 13.2. The smallest absolute Gasteiger partial charge is 0.347 e. The summed E-state index contributed by atoms with van der Waals surface area (Å²) in [5.74, 6) is 0.911. The predicted molar refractivity (Wildman–Crippen MR) is 70.9 cm³/mol. The van der Waals surface area contributed by atoms with Crippen molar-refractivity contribution in [2.75, 3.05) is 6.61 Å². The van der Waals surface area contributed by atoms with Crippen molar-refractivity contribution in [2.45, 2.75) is 13.0 Å². The Morgan fingerprint density at radius 3 is 3.17 bits per heavy atom. The SMILES string of the molecule is O=c1ncccn1Cc1cc(Br)cc2c1OCC2. The van der Waals surface area contributed by atoms with Crippen LogP contribution in [0.25, 0.3) is 0 Å². The molecule has 2 aromatic rings. The van der Waals surface area contributed by atoms with Crippen molar-refractivity contribution in [1.29, 1.82) is 0 Å². The molecule has 1 aliphatic rings. The van der Waals surface area contributed by atoms with Gasteiger partial charge in [0, 0.05) is 28.9 Å². The number of fused-ring (bicyclic) bond motifs is 1. The molecule has 0 aliphatic carbocycles. The monoisotopic (exact) mass is 306 g/mol. The fraction of sp³-hybridized carbons (Fsp3) is 0.231. The Hall–Kier alpha value is -1.62. The van der Waals surface area contributed by atoms with Gasteiger partial charge in [-0.05, 0) is 23.8 Å². The Balaban J connectivity index is 2.04. The van der Waals surface area contributed by atoms with Gasteiger partial charge in [-0.1, -0.05) is 15.9 Å². The Kier molecular flexibility index (Phi) is 2.91. The third kappa shape index (κ3) is 2.06. The lowest BCUT2D eigenvalue weighted by Gasteiger charge is -2.10. The minimum atomic E-state index is -0.246. The molecule has 18 heavy (non-hydrogen) atoms. The second-order valence-corrected chi connectivity index (χ2v) is 5.10. The van der Waals surface area contributed by atoms with E-state index in [1.165, 1.54) is 11.8 Å².